The minimum atomic E-state index is -1.17. The Balaban J connectivity index is 2.34. The molecule has 0 bridgehead atoms. The molecular formula is C12H7ClN2O5. The molecular weight excluding hydrogens is 288 g/mol. The van der Waals surface area contributed by atoms with Gasteiger partial charge in [-0.2, -0.15) is 0 Å². The third-order valence-electron chi connectivity index (χ3n) is 2.36. The van der Waals surface area contributed by atoms with Crippen molar-refractivity contribution < 1.29 is 19.6 Å². The predicted octanol–water partition coefficient (Wildman–Crippen LogP) is 3.13. The van der Waals surface area contributed by atoms with Crippen molar-refractivity contribution in [3.63, 3.8) is 0 Å². The zero-order valence-electron chi connectivity index (χ0n) is 9.82. The fraction of sp³-hybridized carbons (Fsp3) is 0. The Labute approximate surface area is 117 Å². The smallest absolute Gasteiger partial charge is 0.339 e. The summed E-state index contributed by atoms with van der Waals surface area (Å²) in [7, 11) is 0. The number of pyridine rings is 1. The topological polar surface area (TPSA) is 103 Å². The highest BCUT2D eigenvalue weighted by Crippen LogP contribution is 2.31. The number of nitro groups is 1. The van der Waals surface area contributed by atoms with Crippen molar-refractivity contribution in [2.24, 2.45) is 0 Å². The van der Waals surface area contributed by atoms with Gasteiger partial charge in [-0.15, -0.1) is 0 Å². The zero-order chi connectivity index (χ0) is 14.7. The summed E-state index contributed by atoms with van der Waals surface area (Å²) in [4.78, 5) is 24.8. The lowest BCUT2D eigenvalue weighted by atomic mass is 10.2. The molecule has 8 heteroatoms. The average molecular weight is 295 g/mol. The summed E-state index contributed by atoms with van der Waals surface area (Å²) in [5.41, 5.74) is -0.335. The van der Waals surface area contributed by atoms with Crippen LogP contribution in [-0.4, -0.2) is 21.0 Å². The highest BCUT2D eigenvalue weighted by molar-refractivity contribution is 6.32. The molecule has 0 fully saturated rings. The van der Waals surface area contributed by atoms with Gasteiger partial charge >= 0.3 is 5.97 Å². The van der Waals surface area contributed by atoms with Crippen LogP contribution >= 0.6 is 11.6 Å². The molecule has 20 heavy (non-hydrogen) atoms. The maximum Gasteiger partial charge on any atom is 0.339 e. The van der Waals surface area contributed by atoms with Crippen molar-refractivity contribution >= 4 is 23.3 Å². The number of carboxylic acid groups (broad SMARTS) is 1. The van der Waals surface area contributed by atoms with Crippen molar-refractivity contribution in [3.8, 4) is 11.5 Å². The normalized spacial score (nSPS) is 10.1. The Morgan fingerprint density at radius 1 is 1.40 bits per heavy atom. The molecule has 1 heterocycles. The van der Waals surface area contributed by atoms with Gasteiger partial charge < -0.3 is 9.84 Å². The number of halogens is 1. The molecule has 2 aromatic rings. The van der Waals surface area contributed by atoms with Gasteiger partial charge in [0, 0.05) is 18.3 Å². The summed E-state index contributed by atoms with van der Waals surface area (Å²) in [6.45, 7) is 0. The van der Waals surface area contributed by atoms with E-state index >= 15 is 0 Å². The quantitative estimate of drug-likeness (QED) is 0.686. The Kier molecular flexibility index (Phi) is 3.81. The SMILES string of the molecule is O=C(O)c1ccncc1Oc1ccc([N+](=O)[O-])c(Cl)c1. The zero-order valence-corrected chi connectivity index (χ0v) is 10.6. The van der Waals surface area contributed by atoms with Crippen LogP contribution < -0.4 is 4.74 Å². The van der Waals surface area contributed by atoms with Gasteiger partial charge in [0.05, 0.1) is 11.1 Å². The van der Waals surface area contributed by atoms with Crippen LogP contribution in [0.2, 0.25) is 5.02 Å². The molecule has 0 saturated carbocycles. The number of carbonyl (C=O) groups is 1. The summed E-state index contributed by atoms with van der Waals surface area (Å²) < 4.78 is 5.34. The molecule has 7 nitrogen and oxygen atoms in total. The van der Waals surface area contributed by atoms with Crippen LogP contribution in [0.5, 0.6) is 11.5 Å². The lowest BCUT2D eigenvalue weighted by Gasteiger charge is -2.08. The molecule has 0 aliphatic heterocycles. The van der Waals surface area contributed by atoms with Gasteiger partial charge in [-0.05, 0) is 12.1 Å². The van der Waals surface area contributed by atoms with Crippen molar-refractivity contribution in [3.05, 3.63) is 57.4 Å². The number of nitrogens with zero attached hydrogens (tertiary/aromatic N) is 2. The van der Waals surface area contributed by atoms with E-state index in [1.165, 1.54) is 36.7 Å². The van der Waals surface area contributed by atoms with Gasteiger partial charge in [-0.25, -0.2) is 4.79 Å². The monoisotopic (exact) mass is 294 g/mol. The molecule has 0 aliphatic carbocycles. The van der Waals surface area contributed by atoms with E-state index in [0.29, 0.717) is 0 Å². The molecule has 1 aromatic heterocycles. The number of aromatic nitrogens is 1. The Bertz CT molecular complexity index is 689. The fourth-order valence-electron chi connectivity index (χ4n) is 1.46. The highest BCUT2D eigenvalue weighted by atomic mass is 35.5. The molecule has 0 amide bonds. The number of aromatic carboxylic acids is 1. The van der Waals surface area contributed by atoms with E-state index in [4.69, 9.17) is 21.4 Å². The number of nitro benzene ring substituents is 1. The molecule has 0 atom stereocenters. The van der Waals surface area contributed by atoms with E-state index in [-0.39, 0.29) is 27.8 Å². The van der Waals surface area contributed by atoms with Crippen molar-refractivity contribution in [1.82, 2.24) is 4.98 Å². The molecule has 0 radical (unpaired) electrons. The van der Waals surface area contributed by atoms with E-state index < -0.39 is 10.9 Å². The van der Waals surface area contributed by atoms with Crippen LogP contribution in [-0.2, 0) is 0 Å². The van der Waals surface area contributed by atoms with Crippen LogP contribution in [0.15, 0.2) is 36.7 Å². The van der Waals surface area contributed by atoms with Gasteiger partial charge in [0.25, 0.3) is 5.69 Å². The maximum atomic E-state index is 11.0. The van der Waals surface area contributed by atoms with Gasteiger partial charge in [-0.3, -0.25) is 15.1 Å². The summed E-state index contributed by atoms with van der Waals surface area (Å²) in [5.74, 6) is -0.976. The molecule has 0 spiro atoms. The molecule has 102 valence electrons. The second kappa shape index (κ2) is 5.54. The van der Waals surface area contributed by atoms with E-state index in [2.05, 4.69) is 4.98 Å². The Morgan fingerprint density at radius 3 is 2.75 bits per heavy atom. The number of ether oxygens (including phenoxy) is 1. The second-order valence-electron chi connectivity index (χ2n) is 3.65. The van der Waals surface area contributed by atoms with E-state index in [1.54, 1.807) is 0 Å². The van der Waals surface area contributed by atoms with Crippen molar-refractivity contribution in [2.75, 3.05) is 0 Å². The first-order valence-electron chi connectivity index (χ1n) is 5.28. The van der Waals surface area contributed by atoms with Crippen molar-refractivity contribution in [1.29, 1.82) is 0 Å². The van der Waals surface area contributed by atoms with Gasteiger partial charge in [0.2, 0.25) is 0 Å². The fourth-order valence-corrected chi connectivity index (χ4v) is 1.70. The average Bonchev–Trinajstić information content (AvgIpc) is 2.38. The van der Waals surface area contributed by atoms with Gasteiger partial charge in [-0.1, -0.05) is 11.6 Å². The van der Waals surface area contributed by atoms with Crippen LogP contribution in [0, 0.1) is 10.1 Å². The first kappa shape index (κ1) is 13.8. The number of rotatable bonds is 4. The molecule has 0 saturated heterocycles. The third-order valence-corrected chi connectivity index (χ3v) is 2.66. The Morgan fingerprint density at radius 2 is 2.15 bits per heavy atom. The summed E-state index contributed by atoms with van der Waals surface area (Å²) in [6, 6.07) is 5.01. The molecule has 0 unspecified atom stereocenters. The van der Waals surface area contributed by atoms with Crippen LogP contribution in [0.25, 0.3) is 0 Å². The molecule has 1 N–H and O–H groups in total. The van der Waals surface area contributed by atoms with Gasteiger partial charge in [0.15, 0.2) is 5.75 Å². The minimum Gasteiger partial charge on any atom is -0.478 e. The van der Waals surface area contributed by atoms with Crippen LogP contribution in [0.4, 0.5) is 5.69 Å². The third kappa shape index (κ3) is 2.83. The number of carboxylic acids is 1. The number of benzene rings is 1. The first-order valence-corrected chi connectivity index (χ1v) is 5.66. The van der Waals surface area contributed by atoms with E-state index in [0.717, 1.165) is 0 Å². The highest BCUT2D eigenvalue weighted by Gasteiger charge is 2.15. The molecule has 2 rings (SSSR count). The first-order chi connectivity index (χ1) is 9.49. The maximum absolute atomic E-state index is 11.0. The lowest BCUT2D eigenvalue weighted by molar-refractivity contribution is -0.384. The van der Waals surface area contributed by atoms with E-state index in [1.807, 2.05) is 0 Å². The molecule has 1 aromatic carbocycles. The Hall–Kier alpha value is -2.67. The lowest BCUT2D eigenvalue weighted by Crippen LogP contribution is -2.00. The predicted molar refractivity (Wildman–Crippen MR) is 69.4 cm³/mol. The number of hydrogen-bond acceptors (Lipinski definition) is 5. The molecule has 0 aliphatic rings. The standard InChI is InChI=1S/C12H7ClN2O5/c13-9-5-7(1-2-10(9)15(18)19)20-11-6-14-4-3-8(11)12(16)17/h1-6H,(H,16,17). The minimum absolute atomic E-state index is 0.0184. The van der Waals surface area contributed by atoms with Crippen molar-refractivity contribution in [2.45, 2.75) is 0 Å². The van der Waals surface area contributed by atoms with Crippen LogP contribution in [0.1, 0.15) is 10.4 Å². The summed E-state index contributed by atoms with van der Waals surface area (Å²) >= 11 is 5.74. The van der Waals surface area contributed by atoms with Crippen LogP contribution in [0.3, 0.4) is 0 Å². The largest absolute Gasteiger partial charge is 0.478 e. The summed E-state index contributed by atoms with van der Waals surface area (Å²) in [6.07, 6.45) is 2.55. The number of hydrogen-bond donors (Lipinski definition) is 1. The van der Waals surface area contributed by atoms with Gasteiger partial charge in [0.1, 0.15) is 16.3 Å². The van der Waals surface area contributed by atoms with E-state index in [9.17, 15) is 14.9 Å². The second-order valence-corrected chi connectivity index (χ2v) is 4.06. The summed E-state index contributed by atoms with van der Waals surface area (Å²) in [5, 5.41) is 19.5.